The summed E-state index contributed by atoms with van der Waals surface area (Å²) < 4.78 is 38.5. The molecule has 220 valence electrons. The van der Waals surface area contributed by atoms with Crippen LogP contribution in [0.3, 0.4) is 0 Å². The van der Waals surface area contributed by atoms with Crippen molar-refractivity contribution in [2.75, 3.05) is 20.2 Å². The molecule has 12 nitrogen and oxygen atoms in total. The summed E-state index contributed by atoms with van der Waals surface area (Å²) in [5.74, 6) is -0.796. The molecule has 2 atom stereocenters. The molecule has 0 radical (unpaired) electrons. The fourth-order valence-corrected chi connectivity index (χ4v) is 6.32. The van der Waals surface area contributed by atoms with Gasteiger partial charge in [-0.2, -0.15) is 9.04 Å². The number of aryl methyl sites for hydroxylation is 1. The van der Waals surface area contributed by atoms with Crippen molar-refractivity contribution in [2.24, 2.45) is 5.92 Å². The summed E-state index contributed by atoms with van der Waals surface area (Å²) in [4.78, 5) is 39.5. The Labute approximate surface area is 238 Å². The Hall–Kier alpha value is -3.97. The minimum absolute atomic E-state index is 0.0162. The van der Waals surface area contributed by atoms with E-state index in [1.807, 2.05) is 13.8 Å². The summed E-state index contributed by atoms with van der Waals surface area (Å²) in [6.45, 7) is 5.35. The zero-order valence-electron chi connectivity index (χ0n) is 23.4. The lowest BCUT2D eigenvalue weighted by Gasteiger charge is -2.23. The Bertz CT molecular complexity index is 1570. The summed E-state index contributed by atoms with van der Waals surface area (Å²) in [6.07, 6.45) is 1.26. The van der Waals surface area contributed by atoms with E-state index < -0.39 is 38.9 Å². The normalized spacial score (nSPS) is 17.3. The quantitative estimate of drug-likeness (QED) is 0.284. The van der Waals surface area contributed by atoms with Gasteiger partial charge in [0.05, 0.1) is 13.2 Å². The van der Waals surface area contributed by atoms with E-state index in [2.05, 4.69) is 10.6 Å². The van der Waals surface area contributed by atoms with Crippen molar-refractivity contribution in [1.29, 1.82) is 0 Å². The van der Waals surface area contributed by atoms with E-state index >= 15 is 0 Å². The van der Waals surface area contributed by atoms with Crippen molar-refractivity contribution >= 4 is 38.6 Å². The van der Waals surface area contributed by atoms with Crippen LogP contribution in [0.4, 0.5) is 0 Å². The van der Waals surface area contributed by atoms with Crippen LogP contribution in [-0.4, -0.2) is 62.6 Å². The molecule has 1 saturated heterocycles. The Balaban J connectivity index is 1.47. The zero-order valence-corrected chi connectivity index (χ0v) is 24.2. The van der Waals surface area contributed by atoms with Crippen LogP contribution in [0.25, 0.3) is 11.0 Å². The van der Waals surface area contributed by atoms with Crippen LogP contribution in [0.5, 0.6) is 5.75 Å². The molecule has 3 aromatic rings. The molecule has 2 N–H and O–H groups in total. The number of rotatable bonds is 9. The number of carbonyl (C=O) groups excluding carboxylic acids is 3. The average molecular weight is 587 g/mol. The molecule has 0 saturated carbocycles. The van der Waals surface area contributed by atoms with Gasteiger partial charge in [-0.3, -0.25) is 14.4 Å². The van der Waals surface area contributed by atoms with Crippen molar-refractivity contribution in [3.63, 3.8) is 0 Å². The third kappa shape index (κ3) is 6.51. The minimum atomic E-state index is -4.15. The molecule has 2 amide bonds. The second-order valence-electron chi connectivity index (χ2n) is 10.4. The van der Waals surface area contributed by atoms with Gasteiger partial charge in [-0.1, -0.05) is 13.8 Å². The first-order chi connectivity index (χ1) is 19.4. The number of benzene rings is 1. The Morgan fingerprint density at radius 3 is 2.66 bits per heavy atom. The molecule has 1 aromatic carbocycles. The average Bonchev–Trinajstić information content (AvgIpc) is 3.14. The summed E-state index contributed by atoms with van der Waals surface area (Å²) >= 11 is 0. The topological polar surface area (TPSA) is 162 Å². The number of amides is 2. The molecular weight excluding hydrogens is 552 g/mol. The molecule has 1 aliphatic heterocycles. The number of ketones is 1. The van der Waals surface area contributed by atoms with Gasteiger partial charge in [-0.05, 0) is 43.9 Å². The lowest BCUT2D eigenvalue weighted by molar-refractivity contribution is -0.646. The Kier molecular flexibility index (Phi) is 8.98. The third-order valence-electron chi connectivity index (χ3n) is 7.05. The highest BCUT2D eigenvalue weighted by molar-refractivity contribution is 7.88. The summed E-state index contributed by atoms with van der Waals surface area (Å²) in [6, 6.07) is 7.37. The number of hydrogen-bond donors (Lipinski definition) is 2. The smallest absolute Gasteiger partial charge is 0.323 e. The predicted molar refractivity (Wildman–Crippen MR) is 149 cm³/mol. The first-order valence-electron chi connectivity index (χ1n) is 13.3. The van der Waals surface area contributed by atoms with E-state index in [-0.39, 0.29) is 48.1 Å². The van der Waals surface area contributed by atoms with E-state index in [1.165, 1.54) is 25.3 Å². The van der Waals surface area contributed by atoms with E-state index in [0.717, 1.165) is 15.9 Å². The first-order valence-corrected chi connectivity index (χ1v) is 14.8. The van der Waals surface area contributed by atoms with Gasteiger partial charge >= 0.3 is 15.0 Å². The van der Waals surface area contributed by atoms with Gasteiger partial charge in [0.2, 0.25) is 5.91 Å². The SMILES string of the molecule is COc1ccc2c(C)c(C(=O)NC(CC(C)C)C(=O)N[C@H]3CCN(S(=O)(=O)c4cccc[n+]4[O-])CCC3=O)oc2c1. The largest absolute Gasteiger partial charge is 0.618 e. The molecule has 0 spiro atoms. The molecule has 4 rings (SSSR count). The standard InChI is InChI=1S/C28H34N4O8S/c1-17(2)15-22(30-28(35)26-18(3)20-9-8-19(39-4)16-24(20)40-26)27(34)29-21-10-13-31(14-11-23(21)33)41(37,38)25-7-5-6-12-32(25)36/h5-9,12,16-17,21-22H,10-11,13-15H2,1-4H3,(H,29,34)(H,30,35)/t21-,22?/m0/s1. The maximum absolute atomic E-state index is 13.4. The fraction of sp³-hybridized carbons (Fsp3) is 0.429. The number of nitrogens with one attached hydrogen (secondary N) is 2. The van der Waals surface area contributed by atoms with Gasteiger partial charge in [0, 0.05) is 48.7 Å². The second-order valence-corrected chi connectivity index (χ2v) is 12.3. The van der Waals surface area contributed by atoms with Crippen LogP contribution in [0.2, 0.25) is 0 Å². The molecule has 0 aliphatic carbocycles. The number of nitrogens with zero attached hydrogens (tertiary/aromatic N) is 2. The number of hydrogen-bond acceptors (Lipinski definition) is 8. The van der Waals surface area contributed by atoms with E-state index in [1.54, 1.807) is 25.1 Å². The maximum atomic E-state index is 13.4. The van der Waals surface area contributed by atoms with Crippen molar-refractivity contribution < 1.29 is 36.7 Å². The number of furan rings is 1. The number of fused-ring (bicyclic) bond motifs is 1. The number of Topliss-reactive ketones (excluding diaryl/α,β-unsaturated/α-hetero) is 1. The highest BCUT2D eigenvalue weighted by Crippen LogP contribution is 2.29. The fourth-order valence-electron chi connectivity index (χ4n) is 4.84. The molecule has 13 heteroatoms. The van der Waals surface area contributed by atoms with E-state index in [0.29, 0.717) is 23.3 Å². The zero-order chi connectivity index (χ0) is 29.9. The second kappa shape index (κ2) is 12.3. The maximum Gasteiger partial charge on any atom is 0.323 e. The van der Waals surface area contributed by atoms with Gasteiger partial charge in [0.1, 0.15) is 17.4 Å². The van der Waals surface area contributed by atoms with Gasteiger partial charge in [0.25, 0.3) is 5.91 Å². The molecule has 1 unspecified atom stereocenters. The van der Waals surface area contributed by atoms with Crippen molar-refractivity contribution in [2.45, 2.75) is 57.1 Å². The van der Waals surface area contributed by atoms with Crippen molar-refractivity contribution in [1.82, 2.24) is 14.9 Å². The van der Waals surface area contributed by atoms with Crippen molar-refractivity contribution in [3.8, 4) is 5.75 Å². The van der Waals surface area contributed by atoms with Crippen LogP contribution in [0.15, 0.2) is 52.0 Å². The van der Waals surface area contributed by atoms with Crippen LogP contribution < -0.4 is 20.1 Å². The summed E-state index contributed by atoms with van der Waals surface area (Å²) in [5, 5.41) is 17.8. The van der Waals surface area contributed by atoms with Crippen LogP contribution >= 0.6 is 0 Å². The van der Waals surface area contributed by atoms with E-state index in [4.69, 9.17) is 9.15 Å². The molecule has 2 aromatic heterocycles. The monoisotopic (exact) mass is 586 g/mol. The summed E-state index contributed by atoms with van der Waals surface area (Å²) in [5.41, 5.74) is 1.08. The first kappa shape index (κ1) is 30.0. The lowest BCUT2D eigenvalue weighted by atomic mass is 10.0. The van der Waals surface area contributed by atoms with Crippen molar-refractivity contribution in [3.05, 3.63) is 59.1 Å². The molecule has 1 aliphatic rings. The predicted octanol–water partition coefficient (Wildman–Crippen LogP) is 2.07. The van der Waals surface area contributed by atoms with Gasteiger partial charge < -0.3 is 25.0 Å². The minimum Gasteiger partial charge on any atom is -0.618 e. The van der Waals surface area contributed by atoms with Crippen LogP contribution in [0, 0.1) is 18.0 Å². The lowest BCUT2D eigenvalue weighted by Crippen LogP contribution is -2.52. The number of methoxy groups -OCH3 is 1. The number of ether oxygens (including phenoxy) is 1. The number of carbonyl (C=O) groups is 3. The molecular formula is C28H34N4O8S. The Morgan fingerprint density at radius 1 is 1.22 bits per heavy atom. The number of sulfonamides is 1. The van der Waals surface area contributed by atoms with E-state index in [9.17, 15) is 28.0 Å². The molecule has 0 bridgehead atoms. The van der Waals surface area contributed by atoms with Gasteiger partial charge in [0.15, 0.2) is 17.7 Å². The highest BCUT2D eigenvalue weighted by atomic mass is 32.2. The van der Waals surface area contributed by atoms with Gasteiger partial charge in [-0.25, -0.2) is 8.42 Å². The molecule has 1 fully saturated rings. The van der Waals surface area contributed by atoms with Crippen LogP contribution in [-0.2, 0) is 19.6 Å². The number of pyridine rings is 1. The Morgan fingerprint density at radius 2 is 1.98 bits per heavy atom. The highest BCUT2D eigenvalue weighted by Gasteiger charge is 2.36. The molecule has 41 heavy (non-hydrogen) atoms. The molecule has 3 heterocycles. The summed E-state index contributed by atoms with van der Waals surface area (Å²) in [7, 11) is -2.62. The third-order valence-corrected chi connectivity index (χ3v) is 8.94. The van der Waals surface area contributed by atoms with Crippen LogP contribution in [0.1, 0.15) is 49.2 Å². The van der Waals surface area contributed by atoms with Gasteiger partial charge in [-0.15, -0.1) is 0 Å². The number of aromatic nitrogens is 1.